The van der Waals surface area contributed by atoms with Gasteiger partial charge in [-0.15, -0.1) is 0 Å². The van der Waals surface area contributed by atoms with Gasteiger partial charge in [-0.2, -0.15) is 0 Å². The molecule has 122 valence electrons. The number of likely N-dealkylation sites (N-methyl/N-ethyl adjacent to an activating group) is 2. The molecule has 3 N–H and O–H groups in total. The molecule has 0 aliphatic heterocycles. The number of quaternary nitrogens is 1. The van der Waals surface area contributed by atoms with Gasteiger partial charge >= 0.3 is 0 Å². The van der Waals surface area contributed by atoms with E-state index in [0.717, 1.165) is 5.56 Å². The van der Waals surface area contributed by atoms with Crippen LogP contribution in [-0.4, -0.2) is 42.9 Å². The van der Waals surface area contributed by atoms with Crippen LogP contribution in [0.2, 0.25) is 5.02 Å². The number of benzene rings is 1. The van der Waals surface area contributed by atoms with Crippen LogP contribution in [0.15, 0.2) is 24.3 Å². The van der Waals surface area contributed by atoms with Crippen molar-refractivity contribution in [1.82, 2.24) is 10.2 Å². The highest BCUT2D eigenvalue weighted by Crippen LogP contribution is 2.13. The molecular formula is C16H25ClN3O2+. The molecule has 0 spiro atoms. The molecule has 0 aromatic heterocycles. The van der Waals surface area contributed by atoms with Gasteiger partial charge in [0.15, 0.2) is 6.54 Å². The third-order valence-corrected chi connectivity index (χ3v) is 3.74. The number of halogens is 1. The highest BCUT2D eigenvalue weighted by atomic mass is 35.5. The molecule has 1 aromatic carbocycles. The number of nitrogens with zero attached hydrogens (tertiary/aromatic N) is 1. The van der Waals surface area contributed by atoms with Crippen molar-refractivity contribution in [2.75, 3.05) is 26.2 Å². The highest BCUT2D eigenvalue weighted by molar-refractivity contribution is 6.30. The van der Waals surface area contributed by atoms with Crippen LogP contribution in [0.5, 0.6) is 0 Å². The fraction of sp³-hybridized carbons (Fsp3) is 0.500. The fourth-order valence-electron chi connectivity index (χ4n) is 2.11. The first kappa shape index (κ1) is 18.5. The molecule has 0 saturated heterocycles. The molecule has 22 heavy (non-hydrogen) atoms. The van der Waals surface area contributed by atoms with Crippen molar-refractivity contribution in [2.45, 2.75) is 26.8 Å². The second kappa shape index (κ2) is 9.43. The van der Waals surface area contributed by atoms with Crippen LogP contribution in [0.4, 0.5) is 0 Å². The zero-order chi connectivity index (χ0) is 16.5. The first-order valence-corrected chi connectivity index (χ1v) is 7.99. The van der Waals surface area contributed by atoms with Crippen LogP contribution in [-0.2, 0) is 9.59 Å². The smallest absolute Gasteiger partial charge is 0.278 e. The Morgan fingerprint density at radius 3 is 2.45 bits per heavy atom. The summed E-state index contributed by atoms with van der Waals surface area (Å²) in [7, 11) is 0. The summed E-state index contributed by atoms with van der Waals surface area (Å²) in [6.07, 6.45) is 0. The number of rotatable bonds is 8. The van der Waals surface area contributed by atoms with Crippen LogP contribution < -0.4 is 10.6 Å². The van der Waals surface area contributed by atoms with E-state index < -0.39 is 0 Å². The maximum absolute atomic E-state index is 12.2. The summed E-state index contributed by atoms with van der Waals surface area (Å²) in [6, 6.07) is 7.76. The summed E-state index contributed by atoms with van der Waals surface area (Å²) in [5.74, 6) is -0.155. The molecule has 0 aliphatic carbocycles. The number of nitrogens with one attached hydrogen (secondary N) is 1. The Hall–Kier alpha value is -1.59. The molecule has 0 aliphatic rings. The van der Waals surface area contributed by atoms with Crippen LogP contribution in [0.3, 0.4) is 0 Å². The maximum atomic E-state index is 12.2. The normalized spacial score (nSPS) is 11.8. The van der Waals surface area contributed by atoms with Crippen molar-refractivity contribution in [3.63, 3.8) is 0 Å². The van der Waals surface area contributed by atoms with Gasteiger partial charge in [0.05, 0.1) is 6.54 Å². The maximum Gasteiger partial charge on any atom is 0.278 e. The first-order valence-electron chi connectivity index (χ1n) is 7.61. The molecule has 0 bridgehead atoms. The van der Waals surface area contributed by atoms with Crippen molar-refractivity contribution < 1.29 is 14.9 Å². The number of hydrogen-bond donors (Lipinski definition) is 2. The first-order chi connectivity index (χ1) is 10.5. The van der Waals surface area contributed by atoms with Crippen molar-refractivity contribution >= 4 is 23.4 Å². The molecule has 0 saturated carbocycles. The summed E-state index contributed by atoms with van der Waals surface area (Å²) in [4.78, 5) is 25.3. The van der Waals surface area contributed by atoms with Crippen LogP contribution >= 0.6 is 11.6 Å². The van der Waals surface area contributed by atoms with Gasteiger partial charge in [0, 0.05) is 23.7 Å². The summed E-state index contributed by atoms with van der Waals surface area (Å²) in [5, 5.41) is 5.37. The molecule has 5 nitrogen and oxygen atoms in total. The van der Waals surface area contributed by atoms with Crippen LogP contribution in [0.1, 0.15) is 32.4 Å². The SMILES string of the molecule is CCNC(=O)CN(CC)C(=O)C[NH2+][C@@H](C)c1ccc(Cl)cc1. The topological polar surface area (TPSA) is 66.0 Å². The molecule has 0 heterocycles. The van der Waals surface area contributed by atoms with E-state index >= 15 is 0 Å². The van der Waals surface area contributed by atoms with Gasteiger partial charge in [-0.25, -0.2) is 0 Å². The van der Waals surface area contributed by atoms with E-state index in [0.29, 0.717) is 24.7 Å². The fourth-order valence-corrected chi connectivity index (χ4v) is 2.24. The number of amides is 2. The number of carbonyl (C=O) groups excluding carboxylic acids is 2. The average Bonchev–Trinajstić information content (AvgIpc) is 2.50. The van der Waals surface area contributed by atoms with Gasteiger partial charge in [0.2, 0.25) is 5.91 Å². The minimum absolute atomic E-state index is 0.0328. The summed E-state index contributed by atoms with van der Waals surface area (Å²) in [5.41, 5.74) is 1.11. The Bertz CT molecular complexity index is 491. The molecular weight excluding hydrogens is 302 g/mol. The quantitative estimate of drug-likeness (QED) is 0.747. The summed E-state index contributed by atoms with van der Waals surface area (Å²) in [6.45, 7) is 7.31. The number of nitrogens with two attached hydrogens (primary N) is 1. The van der Waals surface area contributed by atoms with Crippen molar-refractivity contribution in [3.8, 4) is 0 Å². The molecule has 1 aromatic rings. The van der Waals surface area contributed by atoms with E-state index in [1.54, 1.807) is 4.90 Å². The minimum Gasteiger partial charge on any atom is -0.355 e. The number of hydrogen-bond acceptors (Lipinski definition) is 2. The molecule has 0 radical (unpaired) electrons. The Kier molecular flexibility index (Phi) is 7.91. The molecule has 1 atom stereocenters. The number of carbonyl (C=O) groups is 2. The van der Waals surface area contributed by atoms with Gasteiger partial charge < -0.3 is 15.5 Å². The predicted molar refractivity (Wildman–Crippen MR) is 87.6 cm³/mol. The lowest BCUT2D eigenvalue weighted by Gasteiger charge is -2.20. The molecule has 6 heteroatoms. The second-order valence-electron chi connectivity index (χ2n) is 5.14. The van der Waals surface area contributed by atoms with Gasteiger partial charge in [-0.3, -0.25) is 9.59 Å². The third-order valence-electron chi connectivity index (χ3n) is 3.48. The van der Waals surface area contributed by atoms with E-state index in [-0.39, 0.29) is 24.4 Å². The van der Waals surface area contributed by atoms with E-state index in [9.17, 15) is 9.59 Å². The van der Waals surface area contributed by atoms with Crippen LogP contribution in [0.25, 0.3) is 0 Å². The Morgan fingerprint density at radius 2 is 1.91 bits per heavy atom. The second-order valence-corrected chi connectivity index (χ2v) is 5.58. The largest absolute Gasteiger partial charge is 0.355 e. The Balaban J connectivity index is 2.49. The molecule has 2 amide bonds. The average molecular weight is 327 g/mol. The van der Waals surface area contributed by atoms with Gasteiger partial charge in [0.25, 0.3) is 5.91 Å². The van der Waals surface area contributed by atoms with E-state index in [2.05, 4.69) is 5.32 Å². The Morgan fingerprint density at radius 1 is 1.27 bits per heavy atom. The van der Waals surface area contributed by atoms with Crippen LogP contribution in [0, 0.1) is 0 Å². The Labute approximate surface area is 137 Å². The van der Waals surface area contributed by atoms with E-state index in [1.165, 1.54) is 0 Å². The lowest BCUT2D eigenvalue weighted by molar-refractivity contribution is -0.683. The zero-order valence-electron chi connectivity index (χ0n) is 13.4. The predicted octanol–water partition coefficient (Wildman–Crippen LogP) is 0.949. The summed E-state index contributed by atoms with van der Waals surface area (Å²) < 4.78 is 0. The lowest BCUT2D eigenvalue weighted by Crippen LogP contribution is -2.87. The van der Waals surface area contributed by atoms with Gasteiger partial charge in [0.1, 0.15) is 6.04 Å². The van der Waals surface area contributed by atoms with Crippen molar-refractivity contribution in [1.29, 1.82) is 0 Å². The van der Waals surface area contributed by atoms with Crippen molar-refractivity contribution in [3.05, 3.63) is 34.9 Å². The van der Waals surface area contributed by atoms with E-state index in [4.69, 9.17) is 11.6 Å². The molecule has 0 fully saturated rings. The monoisotopic (exact) mass is 326 g/mol. The third kappa shape index (κ3) is 6.03. The van der Waals surface area contributed by atoms with E-state index in [1.807, 2.05) is 50.4 Å². The summed E-state index contributed by atoms with van der Waals surface area (Å²) >= 11 is 5.87. The highest BCUT2D eigenvalue weighted by Gasteiger charge is 2.18. The molecule has 1 rings (SSSR count). The van der Waals surface area contributed by atoms with Gasteiger partial charge in [-0.1, -0.05) is 23.7 Å². The lowest BCUT2D eigenvalue weighted by atomic mass is 10.1. The van der Waals surface area contributed by atoms with Gasteiger partial charge in [-0.05, 0) is 32.9 Å². The minimum atomic E-state index is -0.122. The van der Waals surface area contributed by atoms with Crippen molar-refractivity contribution in [2.24, 2.45) is 0 Å². The molecule has 0 unspecified atom stereocenters. The zero-order valence-corrected chi connectivity index (χ0v) is 14.2. The standard InChI is InChI=1S/C16H24ClN3O2/c1-4-18-15(21)11-20(5-2)16(22)10-19-12(3)13-6-8-14(17)9-7-13/h6-9,12,19H,4-5,10-11H2,1-3H3,(H,18,21)/p+1/t12-/m0/s1.